The molecular weight excluding hydrogens is 558 g/mol. The molecule has 16 heteroatoms. The fourth-order valence-electron chi connectivity index (χ4n) is 4.15. The number of aryl methyl sites for hydroxylation is 1. The third-order valence-electron chi connectivity index (χ3n) is 6.23. The molecule has 1 fully saturated rings. The Morgan fingerprint density at radius 3 is 2.33 bits per heavy atom. The molecule has 1 aliphatic heterocycles. The first-order chi connectivity index (χ1) is 18.7. The Morgan fingerprint density at radius 1 is 1.07 bits per heavy atom. The largest absolute Gasteiger partial charge is 0.424 e. The van der Waals surface area contributed by atoms with E-state index in [1.165, 1.54) is 9.80 Å². The summed E-state index contributed by atoms with van der Waals surface area (Å²) in [7, 11) is -4.14. The van der Waals surface area contributed by atoms with Crippen LogP contribution in [0.2, 0.25) is 0 Å². The molecule has 2 N–H and O–H groups in total. The third-order valence-corrected chi connectivity index (χ3v) is 7.14. The zero-order chi connectivity index (χ0) is 29.2. The SMILES string of the molecule is Cc1nnn(Cc2cc(C(F)(F)F)c#cc2CCC(=O)N2CCN(C(=O)c3ccc(S(N)(=O)=O)cc3F)CC2)n1. The van der Waals surface area contributed by atoms with Crippen LogP contribution in [0.5, 0.6) is 0 Å². The first-order valence-electron chi connectivity index (χ1n) is 11.9. The second kappa shape index (κ2) is 11.2. The topological polar surface area (TPSA) is 144 Å². The van der Waals surface area contributed by atoms with Crippen LogP contribution in [0, 0.1) is 24.9 Å². The number of primary sulfonamides is 1. The maximum absolute atomic E-state index is 14.4. The van der Waals surface area contributed by atoms with Crippen LogP contribution in [0.25, 0.3) is 0 Å². The van der Waals surface area contributed by atoms with Crippen molar-refractivity contribution in [3.8, 4) is 0 Å². The number of hydrogen-bond acceptors (Lipinski definition) is 7. The summed E-state index contributed by atoms with van der Waals surface area (Å²) in [4.78, 5) is 29.1. The van der Waals surface area contributed by atoms with Crippen LogP contribution in [0.1, 0.15) is 39.3 Å². The highest BCUT2D eigenvalue weighted by atomic mass is 32.2. The number of halogens is 4. The highest BCUT2D eigenvalue weighted by Crippen LogP contribution is 2.29. The summed E-state index contributed by atoms with van der Waals surface area (Å²) in [6.07, 6.45) is -4.59. The van der Waals surface area contributed by atoms with Gasteiger partial charge in [-0.2, -0.15) is 18.0 Å². The number of piperazine rings is 1. The van der Waals surface area contributed by atoms with Crippen LogP contribution in [0.3, 0.4) is 0 Å². The van der Waals surface area contributed by atoms with E-state index in [4.69, 9.17) is 5.14 Å². The van der Waals surface area contributed by atoms with Crippen molar-refractivity contribution in [2.24, 2.45) is 5.14 Å². The molecule has 212 valence electrons. The summed E-state index contributed by atoms with van der Waals surface area (Å²) in [5.41, 5.74) is -0.762. The average Bonchev–Trinajstić information content (AvgIpc) is 3.30. The molecule has 2 amide bonds. The molecule has 0 bridgehead atoms. The van der Waals surface area contributed by atoms with Gasteiger partial charge < -0.3 is 9.80 Å². The summed E-state index contributed by atoms with van der Waals surface area (Å²) in [6, 6.07) is 8.30. The molecule has 1 saturated heterocycles. The van der Waals surface area contributed by atoms with Crippen molar-refractivity contribution in [1.82, 2.24) is 30.0 Å². The summed E-state index contributed by atoms with van der Waals surface area (Å²) >= 11 is 0. The Hall–Kier alpha value is -4.10. The predicted molar refractivity (Wildman–Crippen MR) is 129 cm³/mol. The van der Waals surface area contributed by atoms with Crippen molar-refractivity contribution in [3.05, 3.63) is 70.3 Å². The Kier molecular flexibility index (Phi) is 8.08. The van der Waals surface area contributed by atoms with Crippen LogP contribution in [-0.2, 0) is 34.0 Å². The molecule has 0 atom stereocenters. The molecule has 0 radical (unpaired) electrons. The Morgan fingerprint density at radius 2 is 1.75 bits per heavy atom. The van der Waals surface area contributed by atoms with E-state index in [0.717, 1.165) is 23.0 Å². The molecule has 1 aliphatic rings. The lowest BCUT2D eigenvalue weighted by atomic mass is 10.0. The van der Waals surface area contributed by atoms with E-state index in [1.807, 2.05) is 0 Å². The monoisotopic (exact) mass is 581 g/mol. The number of alkyl halides is 3. The van der Waals surface area contributed by atoms with Crippen molar-refractivity contribution in [2.75, 3.05) is 26.2 Å². The van der Waals surface area contributed by atoms with Gasteiger partial charge in [0.1, 0.15) is 11.4 Å². The lowest BCUT2D eigenvalue weighted by Crippen LogP contribution is -2.50. The minimum absolute atomic E-state index is 0.0376. The lowest BCUT2D eigenvalue weighted by Gasteiger charge is -2.35. The molecule has 4 rings (SSSR count). The number of rotatable bonds is 7. The fraction of sp³-hybridized carbons (Fsp3) is 0.375. The Balaban J connectivity index is 1.38. The summed E-state index contributed by atoms with van der Waals surface area (Å²) in [5.74, 6) is -1.64. The standard InChI is InChI=1S/C24H23F4N7O4S/c1-15-30-32-35(31-15)14-17-12-18(24(26,27)28)4-2-16(17)3-7-22(36)33-8-10-34(11-9-33)23(37)20-6-5-19(13-21(20)25)40(29,38)39/h5-6,12-13H,3,7-11,14H2,1H3,(H2,29,38,39). The predicted octanol–water partition coefficient (Wildman–Crippen LogP) is 1.35. The normalized spacial score (nSPS) is 14.2. The number of carbonyl (C=O) groups is 2. The van der Waals surface area contributed by atoms with Crippen molar-refractivity contribution in [2.45, 2.75) is 37.4 Å². The smallest absolute Gasteiger partial charge is 0.339 e. The molecule has 2 heterocycles. The van der Waals surface area contributed by atoms with Crippen molar-refractivity contribution in [1.29, 1.82) is 0 Å². The zero-order valence-corrected chi connectivity index (χ0v) is 21.9. The maximum atomic E-state index is 14.4. The van der Waals surface area contributed by atoms with Gasteiger partial charge in [0.25, 0.3) is 5.91 Å². The third kappa shape index (κ3) is 6.72. The van der Waals surface area contributed by atoms with Crippen LogP contribution in [0.15, 0.2) is 29.2 Å². The van der Waals surface area contributed by atoms with E-state index in [9.17, 15) is 35.6 Å². The molecule has 0 aliphatic carbocycles. The number of nitrogens with two attached hydrogens (primary N) is 1. The maximum Gasteiger partial charge on any atom is 0.424 e. The highest BCUT2D eigenvalue weighted by molar-refractivity contribution is 7.89. The second-order valence-electron chi connectivity index (χ2n) is 9.04. The lowest BCUT2D eigenvalue weighted by molar-refractivity contribution is -0.137. The minimum atomic E-state index is -4.63. The first-order valence-corrected chi connectivity index (χ1v) is 13.4. The molecule has 0 spiro atoms. The average molecular weight is 582 g/mol. The molecule has 0 saturated carbocycles. The van der Waals surface area contributed by atoms with Gasteiger partial charge in [-0.1, -0.05) is 12.1 Å². The first kappa shape index (κ1) is 28.9. The van der Waals surface area contributed by atoms with E-state index >= 15 is 0 Å². The number of carbonyl (C=O) groups excluding carboxylic acids is 2. The number of benzene rings is 1. The van der Waals surface area contributed by atoms with Gasteiger partial charge in [0, 0.05) is 38.2 Å². The van der Waals surface area contributed by atoms with Gasteiger partial charge in [0.05, 0.1) is 17.0 Å². The minimum Gasteiger partial charge on any atom is -0.339 e. The molecular formula is C24H23F4N7O4S. The quantitative estimate of drug-likeness (QED) is 0.415. The molecule has 3 aromatic rings. The molecule has 0 unspecified atom stereocenters. The second-order valence-corrected chi connectivity index (χ2v) is 10.6. The number of tetrazole rings is 1. The Labute approximate surface area is 226 Å². The number of nitrogens with zero attached hydrogens (tertiary/aromatic N) is 6. The van der Waals surface area contributed by atoms with Gasteiger partial charge in [-0.15, -0.1) is 10.2 Å². The van der Waals surface area contributed by atoms with E-state index < -0.39 is 38.4 Å². The molecule has 2 aromatic carbocycles. The Bertz CT molecular complexity index is 1530. The van der Waals surface area contributed by atoms with Gasteiger partial charge in [-0.3, -0.25) is 9.59 Å². The van der Waals surface area contributed by atoms with Gasteiger partial charge in [-0.05, 0) is 48.4 Å². The van der Waals surface area contributed by atoms with Crippen molar-refractivity contribution in [3.63, 3.8) is 0 Å². The molecule has 1 aromatic heterocycles. The van der Waals surface area contributed by atoms with Gasteiger partial charge in [0.15, 0.2) is 5.82 Å². The van der Waals surface area contributed by atoms with Crippen LogP contribution in [0.4, 0.5) is 17.6 Å². The van der Waals surface area contributed by atoms with Crippen LogP contribution in [-0.4, -0.2) is 76.4 Å². The highest BCUT2D eigenvalue weighted by Gasteiger charge is 2.32. The van der Waals surface area contributed by atoms with Crippen molar-refractivity contribution >= 4 is 21.8 Å². The number of hydrogen-bond donors (Lipinski definition) is 1. The van der Waals surface area contributed by atoms with Gasteiger partial charge in [-0.25, -0.2) is 17.9 Å². The summed E-state index contributed by atoms with van der Waals surface area (Å²) in [6.45, 7) is 1.99. The molecule has 40 heavy (non-hydrogen) atoms. The number of aromatic nitrogens is 4. The van der Waals surface area contributed by atoms with E-state index in [-0.39, 0.29) is 62.6 Å². The van der Waals surface area contributed by atoms with Gasteiger partial charge in [0.2, 0.25) is 15.9 Å². The van der Waals surface area contributed by atoms with Gasteiger partial charge >= 0.3 is 6.18 Å². The van der Waals surface area contributed by atoms with E-state index in [1.54, 1.807) is 6.92 Å². The summed E-state index contributed by atoms with van der Waals surface area (Å²) < 4.78 is 76.9. The van der Waals surface area contributed by atoms with Crippen LogP contribution >= 0.6 is 0 Å². The summed E-state index contributed by atoms with van der Waals surface area (Å²) in [5, 5.41) is 16.5. The van der Waals surface area contributed by atoms with E-state index in [0.29, 0.717) is 17.5 Å². The van der Waals surface area contributed by atoms with Crippen LogP contribution < -0.4 is 5.14 Å². The molecule has 11 nitrogen and oxygen atoms in total. The zero-order valence-electron chi connectivity index (χ0n) is 21.1. The fourth-order valence-corrected chi connectivity index (χ4v) is 4.67. The van der Waals surface area contributed by atoms with E-state index in [2.05, 4.69) is 27.5 Å². The van der Waals surface area contributed by atoms with Crippen molar-refractivity contribution < 1.29 is 35.6 Å². The number of sulfonamides is 1. The number of amides is 2.